The number of benzene rings is 2. The van der Waals surface area contributed by atoms with Gasteiger partial charge >= 0.3 is 0 Å². The first kappa shape index (κ1) is 17.1. The Hall–Kier alpha value is -2.37. The van der Waals surface area contributed by atoms with Gasteiger partial charge in [-0.25, -0.2) is 9.89 Å². The second kappa shape index (κ2) is 7.48. The Morgan fingerprint density at radius 2 is 1.77 bits per heavy atom. The van der Waals surface area contributed by atoms with E-state index in [9.17, 15) is 0 Å². The van der Waals surface area contributed by atoms with Crippen molar-refractivity contribution < 1.29 is 0 Å². The van der Waals surface area contributed by atoms with Gasteiger partial charge in [0.05, 0.1) is 13.0 Å². The number of fused-ring (bicyclic) bond motifs is 1. The van der Waals surface area contributed by atoms with Gasteiger partial charge in [0.25, 0.3) is 0 Å². The van der Waals surface area contributed by atoms with Crippen molar-refractivity contribution in [2.75, 3.05) is 17.3 Å². The minimum absolute atomic E-state index is 0.424. The Balaban J connectivity index is 1.81. The van der Waals surface area contributed by atoms with Crippen LogP contribution in [0, 0.1) is 0 Å². The third kappa shape index (κ3) is 3.08. The summed E-state index contributed by atoms with van der Waals surface area (Å²) in [6.07, 6.45) is 7.96. The number of rotatable bonds is 5. The molecule has 5 nitrogen and oxygen atoms in total. The van der Waals surface area contributed by atoms with E-state index < -0.39 is 5.79 Å². The van der Waals surface area contributed by atoms with E-state index in [1.165, 1.54) is 32.1 Å². The van der Waals surface area contributed by atoms with Crippen LogP contribution in [0.5, 0.6) is 0 Å². The fourth-order valence-electron chi connectivity index (χ4n) is 4.24. The fourth-order valence-corrected chi connectivity index (χ4v) is 4.24. The highest BCUT2D eigenvalue weighted by molar-refractivity contribution is 5.82. The number of para-hydroxylation sites is 2. The highest BCUT2D eigenvalue weighted by atomic mass is 15.5. The summed E-state index contributed by atoms with van der Waals surface area (Å²) in [5, 5.41) is 6.99. The standard InChI is InChI=1S/C21H27N5/c22-15-26(18-11-5-2-6-12-18)21(25-17-9-3-1-4-10-17)19-13-7-8-14-20(19)23-16-24-21/h1,3-4,7-10,13-14,16,18,25H,2,5-6,11-12,15,22H2,(H,23,24). The summed E-state index contributed by atoms with van der Waals surface area (Å²) in [7, 11) is 0. The summed E-state index contributed by atoms with van der Waals surface area (Å²) in [6.45, 7) is 0.455. The number of nitrogens with two attached hydrogens (primary N) is 1. The van der Waals surface area contributed by atoms with Gasteiger partial charge in [-0.15, -0.1) is 0 Å². The molecule has 26 heavy (non-hydrogen) atoms. The monoisotopic (exact) mass is 349 g/mol. The van der Waals surface area contributed by atoms with Crippen LogP contribution in [0.4, 0.5) is 11.4 Å². The van der Waals surface area contributed by atoms with Crippen LogP contribution >= 0.6 is 0 Å². The predicted molar refractivity (Wildman–Crippen MR) is 108 cm³/mol. The normalized spacial score (nSPS) is 22.7. The van der Waals surface area contributed by atoms with Gasteiger partial charge in [0.1, 0.15) is 0 Å². The van der Waals surface area contributed by atoms with Gasteiger partial charge in [-0.1, -0.05) is 55.7 Å². The molecule has 1 atom stereocenters. The van der Waals surface area contributed by atoms with E-state index >= 15 is 0 Å². The maximum Gasteiger partial charge on any atom is 0.219 e. The summed E-state index contributed by atoms with van der Waals surface area (Å²) in [4.78, 5) is 7.29. The van der Waals surface area contributed by atoms with Crippen LogP contribution in [0.25, 0.3) is 0 Å². The quantitative estimate of drug-likeness (QED) is 0.716. The largest absolute Gasteiger partial charge is 0.346 e. The Morgan fingerprint density at radius 3 is 2.54 bits per heavy atom. The SMILES string of the molecule is NCN(C1CCCCC1)C1(Nc2ccccc2)N=CNc2ccccc21. The summed E-state index contributed by atoms with van der Waals surface area (Å²) in [5.74, 6) is -0.694. The summed E-state index contributed by atoms with van der Waals surface area (Å²) < 4.78 is 0. The Labute approximate surface area is 155 Å². The van der Waals surface area contributed by atoms with Gasteiger partial charge < -0.3 is 16.4 Å². The number of nitrogens with zero attached hydrogens (tertiary/aromatic N) is 2. The van der Waals surface area contributed by atoms with Crippen molar-refractivity contribution >= 4 is 17.7 Å². The first-order valence-corrected chi connectivity index (χ1v) is 9.53. The van der Waals surface area contributed by atoms with E-state index in [0.717, 1.165) is 16.9 Å². The molecule has 0 radical (unpaired) electrons. The van der Waals surface area contributed by atoms with Crippen molar-refractivity contribution in [3.63, 3.8) is 0 Å². The molecule has 0 bridgehead atoms. The molecule has 1 unspecified atom stereocenters. The van der Waals surface area contributed by atoms with Gasteiger partial charge in [0.15, 0.2) is 0 Å². The van der Waals surface area contributed by atoms with Crippen LogP contribution in [0.3, 0.4) is 0 Å². The molecule has 136 valence electrons. The Bertz CT molecular complexity index is 754. The van der Waals surface area contributed by atoms with Gasteiger partial charge in [0, 0.05) is 23.0 Å². The molecule has 1 saturated carbocycles. The molecule has 1 heterocycles. The average molecular weight is 349 g/mol. The van der Waals surface area contributed by atoms with E-state index in [-0.39, 0.29) is 0 Å². The molecule has 2 aliphatic rings. The van der Waals surface area contributed by atoms with Crippen LogP contribution in [-0.4, -0.2) is 23.9 Å². The van der Waals surface area contributed by atoms with E-state index in [4.69, 9.17) is 10.7 Å². The lowest BCUT2D eigenvalue weighted by atomic mass is 9.91. The van der Waals surface area contributed by atoms with Gasteiger partial charge in [-0.05, 0) is 31.0 Å². The molecular formula is C21H27N5. The molecule has 0 spiro atoms. The van der Waals surface area contributed by atoms with Gasteiger partial charge in [-0.3, -0.25) is 0 Å². The zero-order chi connectivity index (χ0) is 17.8. The molecule has 1 aliphatic carbocycles. The summed E-state index contributed by atoms with van der Waals surface area (Å²) in [6, 6.07) is 19.0. The van der Waals surface area contributed by atoms with E-state index in [1.807, 2.05) is 24.3 Å². The molecule has 1 aliphatic heterocycles. The predicted octanol–water partition coefficient (Wildman–Crippen LogP) is 3.91. The van der Waals surface area contributed by atoms with Crippen molar-refractivity contribution in [1.82, 2.24) is 4.90 Å². The molecule has 2 aromatic carbocycles. The first-order valence-electron chi connectivity index (χ1n) is 9.53. The van der Waals surface area contributed by atoms with E-state index in [2.05, 4.69) is 45.9 Å². The lowest BCUT2D eigenvalue weighted by Gasteiger charge is -2.48. The third-order valence-electron chi connectivity index (χ3n) is 5.49. The number of anilines is 2. The van der Waals surface area contributed by atoms with Crippen molar-refractivity contribution in [2.45, 2.75) is 43.9 Å². The van der Waals surface area contributed by atoms with Crippen molar-refractivity contribution in [3.8, 4) is 0 Å². The third-order valence-corrected chi connectivity index (χ3v) is 5.49. The lowest BCUT2D eigenvalue weighted by molar-refractivity contribution is 0.0488. The molecule has 0 aromatic heterocycles. The van der Waals surface area contributed by atoms with Crippen LogP contribution in [-0.2, 0) is 5.79 Å². The molecule has 0 saturated heterocycles. The molecule has 5 heteroatoms. The molecule has 4 rings (SSSR count). The maximum absolute atomic E-state index is 6.32. The first-order chi connectivity index (χ1) is 12.8. The smallest absolute Gasteiger partial charge is 0.219 e. The number of nitrogens with one attached hydrogen (secondary N) is 2. The van der Waals surface area contributed by atoms with E-state index in [0.29, 0.717) is 12.7 Å². The molecule has 1 fully saturated rings. The van der Waals surface area contributed by atoms with Crippen LogP contribution in [0.15, 0.2) is 59.6 Å². The molecular weight excluding hydrogens is 322 g/mol. The van der Waals surface area contributed by atoms with Crippen LogP contribution < -0.4 is 16.4 Å². The van der Waals surface area contributed by atoms with Crippen molar-refractivity contribution in [3.05, 3.63) is 60.2 Å². The summed E-state index contributed by atoms with van der Waals surface area (Å²) >= 11 is 0. The summed E-state index contributed by atoms with van der Waals surface area (Å²) in [5.41, 5.74) is 9.54. The topological polar surface area (TPSA) is 65.7 Å². The van der Waals surface area contributed by atoms with Crippen molar-refractivity contribution in [2.24, 2.45) is 10.7 Å². The van der Waals surface area contributed by atoms with E-state index in [1.54, 1.807) is 6.34 Å². The molecule has 2 aromatic rings. The van der Waals surface area contributed by atoms with Crippen LogP contribution in [0.1, 0.15) is 37.7 Å². The van der Waals surface area contributed by atoms with Crippen LogP contribution in [0.2, 0.25) is 0 Å². The highest BCUT2D eigenvalue weighted by Crippen LogP contribution is 2.41. The minimum Gasteiger partial charge on any atom is -0.346 e. The fraction of sp³-hybridized carbons (Fsp3) is 0.381. The van der Waals surface area contributed by atoms with Crippen molar-refractivity contribution in [1.29, 1.82) is 0 Å². The molecule has 4 N–H and O–H groups in total. The lowest BCUT2D eigenvalue weighted by Crippen LogP contribution is -2.58. The second-order valence-electron chi connectivity index (χ2n) is 7.06. The number of hydrogen-bond donors (Lipinski definition) is 3. The Morgan fingerprint density at radius 1 is 1.04 bits per heavy atom. The second-order valence-corrected chi connectivity index (χ2v) is 7.06. The zero-order valence-electron chi connectivity index (χ0n) is 15.1. The zero-order valence-corrected chi connectivity index (χ0v) is 15.1. The molecule has 0 amide bonds. The number of aliphatic imine (C=N–C) groups is 1. The van der Waals surface area contributed by atoms with Gasteiger partial charge in [0.2, 0.25) is 5.79 Å². The minimum atomic E-state index is -0.694. The average Bonchev–Trinajstić information content (AvgIpc) is 2.70. The Kier molecular flexibility index (Phi) is 4.91. The maximum atomic E-state index is 6.32. The number of hydrogen-bond acceptors (Lipinski definition) is 5. The van der Waals surface area contributed by atoms with Gasteiger partial charge in [-0.2, -0.15) is 0 Å². The highest BCUT2D eigenvalue weighted by Gasteiger charge is 2.44.